The van der Waals surface area contributed by atoms with Gasteiger partial charge in [-0.3, -0.25) is 9.89 Å². The zero-order valence-electron chi connectivity index (χ0n) is 19.9. The van der Waals surface area contributed by atoms with E-state index in [-0.39, 0.29) is 16.5 Å². The molecule has 34 heavy (non-hydrogen) atoms. The van der Waals surface area contributed by atoms with Crippen LogP contribution in [0.5, 0.6) is 0 Å². The van der Waals surface area contributed by atoms with Gasteiger partial charge in [-0.25, -0.2) is 18.1 Å². The average Bonchev–Trinajstić information content (AvgIpc) is 3.48. The fourth-order valence-electron chi connectivity index (χ4n) is 4.55. The van der Waals surface area contributed by atoms with Crippen LogP contribution in [0.4, 0.5) is 0 Å². The van der Waals surface area contributed by atoms with Crippen LogP contribution in [0.25, 0.3) is 5.82 Å². The number of nitrogens with one attached hydrogen (secondary N) is 1. The smallest absolute Gasteiger partial charge is 0.276 e. The lowest BCUT2D eigenvalue weighted by Gasteiger charge is -2.28. The first-order valence-corrected chi connectivity index (χ1v) is 13.3. The van der Waals surface area contributed by atoms with Crippen LogP contribution in [0.15, 0.2) is 64.5 Å². The molecule has 182 valence electrons. The summed E-state index contributed by atoms with van der Waals surface area (Å²) in [5, 5.41) is 2.95. The van der Waals surface area contributed by atoms with Crippen LogP contribution < -0.4 is 5.56 Å². The fourth-order valence-corrected chi connectivity index (χ4v) is 6.22. The highest BCUT2D eigenvalue weighted by Gasteiger charge is 2.33. The van der Waals surface area contributed by atoms with E-state index in [0.717, 1.165) is 44.2 Å². The highest BCUT2D eigenvalue weighted by atomic mass is 32.2. The zero-order chi connectivity index (χ0) is 24.1. The van der Waals surface area contributed by atoms with Crippen molar-refractivity contribution in [3.63, 3.8) is 0 Å². The summed E-state index contributed by atoms with van der Waals surface area (Å²) in [6.07, 6.45) is 8.24. The van der Waals surface area contributed by atoms with Gasteiger partial charge in [0.15, 0.2) is 5.82 Å². The first kappa shape index (κ1) is 24.4. The Morgan fingerprint density at radius 3 is 2.44 bits per heavy atom. The van der Waals surface area contributed by atoms with E-state index in [1.807, 2.05) is 44.4 Å². The molecule has 1 aliphatic carbocycles. The summed E-state index contributed by atoms with van der Waals surface area (Å²) in [6, 6.07) is 13.0. The highest BCUT2D eigenvalue weighted by molar-refractivity contribution is 7.89. The molecule has 0 saturated heterocycles. The number of sulfonamides is 1. The van der Waals surface area contributed by atoms with Gasteiger partial charge in [0.05, 0.1) is 0 Å². The van der Waals surface area contributed by atoms with Crippen LogP contribution in [0.2, 0.25) is 0 Å². The molecule has 4 rings (SSSR count). The minimum Gasteiger partial charge on any atom is -0.309 e. The second kappa shape index (κ2) is 10.7. The van der Waals surface area contributed by atoms with Crippen molar-refractivity contribution in [2.24, 2.45) is 0 Å². The molecule has 2 heterocycles. The number of rotatable bonds is 10. The summed E-state index contributed by atoms with van der Waals surface area (Å²) >= 11 is 0. The molecule has 0 radical (unpaired) electrons. The third-order valence-electron chi connectivity index (χ3n) is 6.36. The van der Waals surface area contributed by atoms with Gasteiger partial charge >= 0.3 is 0 Å². The first-order valence-electron chi connectivity index (χ1n) is 11.8. The lowest BCUT2D eigenvalue weighted by Crippen LogP contribution is -2.40. The van der Waals surface area contributed by atoms with Gasteiger partial charge in [0.25, 0.3) is 5.56 Å². The molecule has 1 aromatic carbocycles. The Balaban J connectivity index is 1.54. The predicted octanol–water partition coefficient (Wildman–Crippen LogP) is 3.04. The van der Waals surface area contributed by atoms with E-state index in [9.17, 15) is 13.2 Å². The van der Waals surface area contributed by atoms with E-state index < -0.39 is 10.0 Å². The minimum atomic E-state index is -3.67. The molecule has 0 atom stereocenters. The molecule has 1 saturated carbocycles. The van der Waals surface area contributed by atoms with Crippen molar-refractivity contribution >= 4 is 10.0 Å². The maximum Gasteiger partial charge on any atom is 0.276 e. The Hall–Kier alpha value is -2.75. The van der Waals surface area contributed by atoms with Gasteiger partial charge in [-0.15, -0.1) is 0 Å². The van der Waals surface area contributed by atoms with E-state index in [0.29, 0.717) is 24.3 Å². The summed E-state index contributed by atoms with van der Waals surface area (Å²) in [5.74, 6) is 0.364. The van der Waals surface area contributed by atoms with Gasteiger partial charge in [-0.05, 0) is 57.6 Å². The molecule has 0 bridgehead atoms. The number of benzene rings is 1. The van der Waals surface area contributed by atoms with Gasteiger partial charge in [0, 0.05) is 37.0 Å². The maximum absolute atomic E-state index is 13.5. The summed E-state index contributed by atoms with van der Waals surface area (Å²) in [4.78, 5) is 19.4. The van der Waals surface area contributed by atoms with E-state index in [1.165, 1.54) is 10.9 Å². The Morgan fingerprint density at radius 2 is 1.79 bits per heavy atom. The van der Waals surface area contributed by atoms with Crippen molar-refractivity contribution in [2.75, 3.05) is 27.2 Å². The lowest BCUT2D eigenvalue weighted by atomic mass is 10.1. The minimum absolute atomic E-state index is 0.0402. The van der Waals surface area contributed by atoms with Gasteiger partial charge in [0.2, 0.25) is 10.0 Å². The molecule has 2 aromatic heterocycles. The van der Waals surface area contributed by atoms with E-state index in [4.69, 9.17) is 0 Å². The third-order valence-corrected chi connectivity index (χ3v) is 8.29. The topological polar surface area (TPSA) is 91.3 Å². The number of hydrogen-bond acceptors (Lipinski definition) is 5. The Morgan fingerprint density at radius 1 is 1.06 bits per heavy atom. The van der Waals surface area contributed by atoms with Gasteiger partial charge < -0.3 is 4.90 Å². The molecule has 0 spiro atoms. The molecule has 1 N–H and O–H groups in total. The number of pyridine rings is 1. The van der Waals surface area contributed by atoms with Crippen LogP contribution in [0.3, 0.4) is 0 Å². The highest BCUT2D eigenvalue weighted by Crippen LogP contribution is 2.29. The summed E-state index contributed by atoms with van der Waals surface area (Å²) < 4.78 is 30.0. The maximum atomic E-state index is 13.5. The molecule has 0 aliphatic heterocycles. The van der Waals surface area contributed by atoms with Crippen LogP contribution in [0, 0.1) is 0 Å². The largest absolute Gasteiger partial charge is 0.309 e. The van der Waals surface area contributed by atoms with Gasteiger partial charge in [-0.1, -0.05) is 43.2 Å². The number of aromatic nitrogens is 3. The van der Waals surface area contributed by atoms with Crippen molar-refractivity contribution < 1.29 is 8.42 Å². The molecular formula is C25H33N5O3S. The average molecular weight is 484 g/mol. The third kappa shape index (κ3) is 5.48. The van der Waals surface area contributed by atoms with Crippen molar-refractivity contribution in [3.8, 4) is 5.82 Å². The van der Waals surface area contributed by atoms with Gasteiger partial charge in [0.1, 0.15) is 4.90 Å². The number of hydrogen-bond donors (Lipinski definition) is 1. The van der Waals surface area contributed by atoms with Crippen LogP contribution in [0.1, 0.15) is 43.2 Å². The molecule has 9 heteroatoms. The predicted molar refractivity (Wildman–Crippen MR) is 133 cm³/mol. The van der Waals surface area contributed by atoms with Crippen LogP contribution in [-0.2, 0) is 16.4 Å². The summed E-state index contributed by atoms with van der Waals surface area (Å²) in [5.41, 5.74) is 1.47. The Labute approximate surface area is 201 Å². The molecular weight excluding hydrogens is 450 g/mol. The van der Waals surface area contributed by atoms with Crippen molar-refractivity contribution in [1.29, 1.82) is 0 Å². The lowest BCUT2D eigenvalue weighted by molar-refractivity contribution is 0.297. The van der Waals surface area contributed by atoms with E-state index >= 15 is 0 Å². The van der Waals surface area contributed by atoms with E-state index in [2.05, 4.69) is 15.0 Å². The molecule has 0 amide bonds. The zero-order valence-corrected chi connectivity index (χ0v) is 20.7. The first-order chi connectivity index (χ1) is 16.4. The van der Waals surface area contributed by atoms with E-state index in [1.54, 1.807) is 22.6 Å². The second-order valence-corrected chi connectivity index (χ2v) is 11.1. The van der Waals surface area contributed by atoms with Crippen LogP contribution in [-0.4, -0.2) is 65.6 Å². The quantitative estimate of drug-likeness (QED) is 0.479. The van der Waals surface area contributed by atoms with Crippen LogP contribution >= 0.6 is 0 Å². The molecule has 8 nitrogen and oxygen atoms in total. The van der Waals surface area contributed by atoms with Crippen molar-refractivity contribution in [3.05, 3.63) is 76.3 Å². The summed E-state index contributed by atoms with van der Waals surface area (Å²) in [7, 11) is 0.310. The summed E-state index contributed by atoms with van der Waals surface area (Å²) in [6.45, 7) is 1.32. The fraction of sp³-hybridized carbons (Fsp3) is 0.440. The number of nitrogens with zero attached hydrogens (tertiary/aromatic N) is 4. The normalized spacial score (nSPS) is 14.9. The van der Waals surface area contributed by atoms with Crippen molar-refractivity contribution in [2.45, 2.75) is 49.5 Å². The molecule has 1 fully saturated rings. The monoisotopic (exact) mass is 483 g/mol. The number of H-pyrrole nitrogens is 1. The molecule has 0 unspecified atom stereocenters. The Kier molecular flexibility index (Phi) is 7.65. The molecule has 3 aromatic rings. The molecule has 1 aliphatic rings. The second-order valence-electron chi connectivity index (χ2n) is 9.16. The Bertz CT molecular complexity index is 1230. The SMILES string of the molecule is CN(C)CCCN(C1CCCC1)S(=O)(=O)c1ccc(-n2[nH]cc(Cc3ccccc3)c2=O)nc1. The standard InChI is InChI=1S/C25H33N5O3S/c1-28(2)15-8-16-29(22-11-6-7-12-22)34(32,33)23-13-14-24(26-19-23)30-25(31)21(18-27-30)17-20-9-4-3-5-10-20/h3-5,9-10,13-14,18-19,22,27H,6-8,11-12,15-17H2,1-2H3. The van der Waals surface area contributed by atoms with Crippen molar-refractivity contribution in [1.82, 2.24) is 24.0 Å². The van der Waals surface area contributed by atoms with Gasteiger partial charge in [-0.2, -0.15) is 4.31 Å². The number of aromatic amines is 1.